The van der Waals surface area contributed by atoms with Gasteiger partial charge in [0.15, 0.2) is 18.1 Å². The lowest BCUT2D eigenvalue weighted by molar-refractivity contribution is 0.0922. The number of carbonyl (C=O) groups is 1. The number of fused-ring (bicyclic) bond motifs is 1. The predicted octanol–water partition coefficient (Wildman–Crippen LogP) is 6.63. The molecule has 0 bridgehead atoms. The van der Waals surface area contributed by atoms with E-state index < -0.39 is 0 Å². The lowest BCUT2D eigenvalue weighted by atomic mass is 9.97. The summed E-state index contributed by atoms with van der Waals surface area (Å²) in [6.07, 6.45) is 1.06. The van der Waals surface area contributed by atoms with Crippen LogP contribution in [0.1, 0.15) is 47.8 Å². The fourth-order valence-electron chi connectivity index (χ4n) is 2.88. The van der Waals surface area contributed by atoms with Crippen LogP contribution in [0.3, 0.4) is 0 Å². The molecular formula is C22H21Cl2NO2. The zero-order valence-electron chi connectivity index (χ0n) is 15.6. The van der Waals surface area contributed by atoms with E-state index in [1.165, 1.54) is 5.56 Å². The molecule has 0 radical (unpaired) electrons. The number of halogens is 2. The first-order valence-corrected chi connectivity index (χ1v) is 9.67. The van der Waals surface area contributed by atoms with E-state index in [4.69, 9.17) is 27.9 Å². The first-order valence-electron chi connectivity index (χ1n) is 8.92. The van der Waals surface area contributed by atoms with Crippen molar-refractivity contribution in [2.75, 3.05) is 6.61 Å². The highest BCUT2D eigenvalue weighted by atomic mass is 35.5. The van der Waals surface area contributed by atoms with Gasteiger partial charge in [0.1, 0.15) is 5.52 Å². The molecule has 0 aliphatic heterocycles. The van der Waals surface area contributed by atoms with Crippen molar-refractivity contribution in [3.8, 4) is 5.75 Å². The van der Waals surface area contributed by atoms with Crippen LogP contribution < -0.4 is 4.74 Å². The molecule has 0 spiro atoms. The summed E-state index contributed by atoms with van der Waals surface area (Å²) in [7, 11) is 0. The number of hydrogen-bond acceptors (Lipinski definition) is 3. The molecule has 0 unspecified atom stereocenters. The van der Waals surface area contributed by atoms with Crippen molar-refractivity contribution >= 4 is 39.9 Å². The second-order valence-electron chi connectivity index (χ2n) is 6.66. The van der Waals surface area contributed by atoms with Crippen LogP contribution in [-0.2, 0) is 0 Å². The molecule has 0 fully saturated rings. The molecular weight excluding hydrogens is 381 g/mol. The molecule has 0 N–H and O–H groups in total. The van der Waals surface area contributed by atoms with Crippen molar-refractivity contribution in [3.05, 3.63) is 69.3 Å². The van der Waals surface area contributed by atoms with Gasteiger partial charge in [0, 0.05) is 16.6 Å². The smallest absolute Gasteiger partial charge is 0.200 e. The van der Waals surface area contributed by atoms with Crippen molar-refractivity contribution in [2.45, 2.75) is 33.1 Å². The summed E-state index contributed by atoms with van der Waals surface area (Å²) in [6, 6.07) is 13.0. The number of rotatable bonds is 6. The van der Waals surface area contributed by atoms with Crippen LogP contribution in [0.15, 0.2) is 42.5 Å². The molecule has 27 heavy (non-hydrogen) atoms. The van der Waals surface area contributed by atoms with Crippen molar-refractivity contribution in [2.24, 2.45) is 0 Å². The van der Waals surface area contributed by atoms with E-state index in [0.717, 1.165) is 17.5 Å². The standard InChI is InChI=1S/C22H21Cl2NO2/c1-4-13(2)15-6-8-16(9-7-15)20(26)12-27-22-19(24)11-18(23)17-10-5-14(3)25-21(17)22/h5-11,13H,4,12H2,1-3H3/t13-/m1/s1. The molecule has 0 aliphatic carbocycles. The lowest BCUT2D eigenvalue weighted by Crippen LogP contribution is -2.12. The van der Waals surface area contributed by atoms with Crippen LogP contribution >= 0.6 is 23.2 Å². The third-order valence-corrected chi connectivity index (χ3v) is 5.33. The Morgan fingerprint density at radius 3 is 2.48 bits per heavy atom. The topological polar surface area (TPSA) is 39.2 Å². The van der Waals surface area contributed by atoms with Crippen LogP contribution in [0.5, 0.6) is 5.75 Å². The monoisotopic (exact) mass is 401 g/mol. The number of aromatic nitrogens is 1. The molecule has 1 heterocycles. The molecule has 0 aliphatic rings. The van der Waals surface area contributed by atoms with Gasteiger partial charge in [-0.2, -0.15) is 0 Å². The largest absolute Gasteiger partial charge is 0.482 e. The van der Waals surface area contributed by atoms with Gasteiger partial charge < -0.3 is 4.74 Å². The van der Waals surface area contributed by atoms with Gasteiger partial charge in [-0.05, 0) is 43.0 Å². The maximum Gasteiger partial charge on any atom is 0.200 e. The molecule has 5 heteroatoms. The number of pyridine rings is 1. The van der Waals surface area contributed by atoms with Crippen molar-refractivity contribution in [3.63, 3.8) is 0 Å². The summed E-state index contributed by atoms with van der Waals surface area (Å²) in [6.45, 7) is 6.08. The average molecular weight is 402 g/mol. The average Bonchev–Trinajstić information content (AvgIpc) is 2.66. The van der Waals surface area contributed by atoms with Gasteiger partial charge in [-0.3, -0.25) is 4.79 Å². The van der Waals surface area contributed by atoms with Crippen LogP contribution in [-0.4, -0.2) is 17.4 Å². The van der Waals surface area contributed by atoms with Crippen molar-refractivity contribution < 1.29 is 9.53 Å². The molecule has 3 aromatic rings. The lowest BCUT2D eigenvalue weighted by Gasteiger charge is -2.12. The Bertz CT molecular complexity index is 984. The van der Waals surface area contributed by atoms with Crippen LogP contribution in [0.25, 0.3) is 10.9 Å². The summed E-state index contributed by atoms with van der Waals surface area (Å²) in [5.74, 6) is 0.737. The number of benzene rings is 2. The fourth-order valence-corrected chi connectivity index (χ4v) is 3.45. The van der Waals surface area contributed by atoms with E-state index in [1.807, 2.05) is 43.3 Å². The van der Waals surface area contributed by atoms with Crippen molar-refractivity contribution in [1.29, 1.82) is 0 Å². The highest BCUT2D eigenvalue weighted by molar-refractivity contribution is 6.39. The number of ether oxygens (including phenoxy) is 1. The summed E-state index contributed by atoms with van der Waals surface area (Å²) in [5, 5.41) is 1.58. The maximum atomic E-state index is 12.5. The van der Waals surface area contributed by atoms with Gasteiger partial charge >= 0.3 is 0 Å². The molecule has 1 aromatic heterocycles. The van der Waals surface area contributed by atoms with Crippen molar-refractivity contribution in [1.82, 2.24) is 4.98 Å². The van der Waals surface area contributed by atoms with Gasteiger partial charge in [0.05, 0.1) is 10.0 Å². The highest BCUT2D eigenvalue weighted by Crippen LogP contribution is 2.37. The van der Waals surface area contributed by atoms with E-state index in [0.29, 0.717) is 32.8 Å². The second-order valence-corrected chi connectivity index (χ2v) is 7.48. The normalized spacial score (nSPS) is 12.2. The van der Waals surface area contributed by atoms with Gasteiger partial charge in [-0.15, -0.1) is 0 Å². The Kier molecular flexibility index (Phi) is 6.03. The minimum atomic E-state index is -0.116. The first kappa shape index (κ1) is 19.7. The summed E-state index contributed by atoms with van der Waals surface area (Å²) < 4.78 is 5.77. The molecule has 3 nitrogen and oxygen atoms in total. The minimum Gasteiger partial charge on any atom is -0.482 e. The van der Waals surface area contributed by atoms with Crippen LogP contribution in [0, 0.1) is 6.92 Å². The molecule has 0 saturated carbocycles. The number of nitrogens with zero attached hydrogens (tertiary/aromatic N) is 1. The maximum absolute atomic E-state index is 12.5. The number of Topliss-reactive ketones (excluding diaryl/α,β-unsaturated/α-hetero) is 1. The SMILES string of the molecule is CC[C@@H](C)c1ccc(C(=O)COc2c(Cl)cc(Cl)c3ccc(C)nc23)cc1. The molecule has 140 valence electrons. The summed E-state index contributed by atoms with van der Waals surface area (Å²) in [5.41, 5.74) is 3.21. The number of ketones is 1. The number of carbonyl (C=O) groups excluding carboxylic acids is 1. The van der Waals surface area contributed by atoms with Gasteiger partial charge in [0.25, 0.3) is 0 Å². The third-order valence-electron chi connectivity index (χ3n) is 4.74. The van der Waals surface area contributed by atoms with E-state index in [2.05, 4.69) is 18.8 Å². The minimum absolute atomic E-state index is 0.113. The molecule has 1 atom stereocenters. The van der Waals surface area contributed by atoms with Crippen LogP contribution in [0.4, 0.5) is 0 Å². The van der Waals surface area contributed by atoms with Crippen LogP contribution in [0.2, 0.25) is 10.0 Å². The van der Waals surface area contributed by atoms with E-state index in [9.17, 15) is 4.79 Å². The zero-order chi connectivity index (χ0) is 19.6. The fraction of sp³-hybridized carbons (Fsp3) is 0.273. The number of hydrogen-bond donors (Lipinski definition) is 0. The Balaban J connectivity index is 1.82. The first-order chi connectivity index (χ1) is 12.9. The summed E-state index contributed by atoms with van der Waals surface area (Å²) >= 11 is 12.6. The third kappa shape index (κ3) is 4.26. The van der Waals surface area contributed by atoms with E-state index in [-0.39, 0.29) is 12.4 Å². The molecule has 0 amide bonds. The Labute approximate surface area is 169 Å². The molecule has 0 saturated heterocycles. The van der Waals surface area contributed by atoms with Gasteiger partial charge in [0.2, 0.25) is 0 Å². The molecule has 2 aromatic carbocycles. The zero-order valence-corrected chi connectivity index (χ0v) is 17.1. The Hall–Kier alpha value is -2.10. The van der Waals surface area contributed by atoms with E-state index >= 15 is 0 Å². The quantitative estimate of drug-likeness (QED) is 0.435. The predicted molar refractivity (Wildman–Crippen MR) is 111 cm³/mol. The van der Waals surface area contributed by atoms with Gasteiger partial charge in [-0.25, -0.2) is 4.98 Å². The molecule has 3 rings (SSSR count). The Morgan fingerprint density at radius 1 is 1.11 bits per heavy atom. The highest BCUT2D eigenvalue weighted by Gasteiger charge is 2.15. The Morgan fingerprint density at radius 2 is 1.81 bits per heavy atom. The van der Waals surface area contributed by atoms with E-state index in [1.54, 1.807) is 6.07 Å². The summed E-state index contributed by atoms with van der Waals surface area (Å²) in [4.78, 5) is 17.0. The number of aryl methyl sites for hydroxylation is 1. The van der Waals surface area contributed by atoms with Gasteiger partial charge in [-0.1, -0.05) is 61.3 Å². The second kappa shape index (κ2) is 8.28.